The Morgan fingerprint density at radius 1 is 1.00 bits per heavy atom. The van der Waals surface area contributed by atoms with Crippen molar-refractivity contribution in [2.45, 2.75) is 44.4 Å². The molecule has 3 heterocycles. The second kappa shape index (κ2) is 11.1. The Morgan fingerprint density at radius 3 is 2.00 bits per heavy atom. The molecule has 3 aliphatic rings. The summed E-state index contributed by atoms with van der Waals surface area (Å²) in [5.41, 5.74) is 2.44. The summed E-state index contributed by atoms with van der Waals surface area (Å²) in [6.07, 6.45) is -3.81. The Labute approximate surface area is 233 Å². The molecule has 218 valence electrons. The molecule has 0 radical (unpaired) electrons. The van der Waals surface area contributed by atoms with Gasteiger partial charge in [0.2, 0.25) is 11.8 Å². The first-order chi connectivity index (χ1) is 19.3. The Kier molecular flexibility index (Phi) is 8.08. The summed E-state index contributed by atoms with van der Waals surface area (Å²) < 4.78 is 36.9. The van der Waals surface area contributed by atoms with Gasteiger partial charge in [-0.1, -0.05) is 48.5 Å². The standard InChI is InChI=1S/C27H28N2O5.C2HF3O2/c1-4-28-24(31)21-22(25(28)32)27(26(33)34-3)14-5-15-29(27)23(21)20-12-10-19(11-13-20)18-8-6-17(7-9-18)16(2)30;3-2(4,5)1(6)7/h6-13,21-23H,4-5,14-15H2,1-3H3;(H,6,7)/t21-,22-,23-,27+;/m1./s1. The van der Waals surface area contributed by atoms with E-state index in [1.54, 1.807) is 13.8 Å². The molecule has 0 aliphatic carbocycles. The monoisotopic (exact) mass is 574 g/mol. The number of carbonyl (C=O) groups excluding carboxylic acids is 4. The fourth-order valence-corrected chi connectivity index (χ4v) is 6.34. The van der Waals surface area contributed by atoms with Crippen molar-refractivity contribution in [3.8, 4) is 11.1 Å². The lowest BCUT2D eigenvalue weighted by atomic mass is 9.77. The molecular weight excluding hydrogens is 545 g/mol. The van der Waals surface area contributed by atoms with E-state index in [4.69, 9.17) is 14.6 Å². The highest BCUT2D eigenvalue weighted by Gasteiger charge is 2.73. The number of ether oxygens (including phenoxy) is 1. The Bertz CT molecular complexity index is 1370. The quantitative estimate of drug-likeness (QED) is 0.325. The van der Waals surface area contributed by atoms with Gasteiger partial charge in [-0.15, -0.1) is 0 Å². The predicted molar refractivity (Wildman–Crippen MR) is 138 cm³/mol. The number of aliphatic carboxylic acids is 1. The number of esters is 1. The lowest BCUT2D eigenvalue weighted by molar-refractivity contribution is -0.192. The third-order valence-corrected chi connectivity index (χ3v) is 8.08. The van der Waals surface area contributed by atoms with Crippen LogP contribution in [0.2, 0.25) is 0 Å². The van der Waals surface area contributed by atoms with Crippen LogP contribution in [0.25, 0.3) is 11.1 Å². The molecule has 0 aromatic heterocycles. The van der Waals surface area contributed by atoms with E-state index in [2.05, 4.69) is 0 Å². The molecule has 1 N–H and O–H groups in total. The number of amides is 2. The van der Waals surface area contributed by atoms with Crippen molar-refractivity contribution in [1.29, 1.82) is 0 Å². The van der Waals surface area contributed by atoms with E-state index >= 15 is 0 Å². The number of benzene rings is 2. The van der Waals surface area contributed by atoms with E-state index in [1.807, 2.05) is 53.4 Å². The van der Waals surface area contributed by atoms with E-state index in [0.29, 0.717) is 25.1 Å². The van der Waals surface area contributed by atoms with Crippen LogP contribution in [0.1, 0.15) is 48.7 Å². The van der Waals surface area contributed by atoms with Crippen molar-refractivity contribution in [3.63, 3.8) is 0 Å². The summed E-state index contributed by atoms with van der Waals surface area (Å²) >= 11 is 0. The number of halogens is 3. The van der Waals surface area contributed by atoms with Crippen LogP contribution in [0, 0.1) is 11.8 Å². The van der Waals surface area contributed by atoms with Gasteiger partial charge in [0.05, 0.1) is 18.9 Å². The van der Waals surface area contributed by atoms with E-state index in [-0.39, 0.29) is 23.6 Å². The molecule has 3 fully saturated rings. The van der Waals surface area contributed by atoms with Crippen LogP contribution < -0.4 is 0 Å². The molecule has 9 nitrogen and oxygen atoms in total. The number of nitrogens with zero attached hydrogens (tertiary/aromatic N) is 2. The van der Waals surface area contributed by atoms with Gasteiger partial charge >= 0.3 is 18.1 Å². The molecular formula is C29H29F3N2O7. The van der Waals surface area contributed by atoms with Crippen LogP contribution in [0.5, 0.6) is 0 Å². The topological polar surface area (TPSA) is 121 Å². The minimum Gasteiger partial charge on any atom is -0.475 e. The molecule has 0 spiro atoms. The second-order valence-corrected chi connectivity index (χ2v) is 10.1. The van der Waals surface area contributed by atoms with E-state index in [0.717, 1.165) is 23.1 Å². The lowest BCUT2D eigenvalue weighted by Gasteiger charge is -2.36. The molecule has 12 heteroatoms. The Hall–Kier alpha value is -4.06. The van der Waals surface area contributed by atoms with Crippen molar-refractivity contribution >= 4 is 29.5 Å². The number of likely N-dealkylation sites (tertiary alicyclic amines) is 1. The van der Waals surface area contributed by atoms with Crippen LogP contribution in [-0.4, -0.2) is 76.4 Å². The van der Waals surface area contributed by atoms with E-state index in [9.17, 15) is 32.3 Å². The Balaban J connectivity index is 0.000000493. The minimum atomic E-state index is -5.08. The highest BCUT2D eigenvalue weighted by molar-refractivity contribution is 6.09. The maximum absolute atomic E-state index is 13.4. The first-order valence-corrected chi connectivity index (χ1v) is 13.0. The van der Waals surface area contributed by atoms with Crippen molar-refractivity contribution in [1.82, 2.24) is 9.80 Å². The summed E-state index contributed by atoms with van der Waals surface area (Å²) in [5, 5.41) is 7.12. The zero-order valence-electron chi connectivity index (χ0n) is 22.6. The molecule has 2 aromatic rings. The molecule has 0 unspecified atom stereocenters. The summed E-state index contributed by atoms with van der Waals surface area (Å²) in [4.78, 5) is 63.6. The van der Waals surface area contributed by atoms with Crippen LogP contribution in [-0.2, 0) is 23.9 Å². The van der Waals surface area contributed by atoms with Gasteiger partial charge in [0, 0.05) is 18.2 Å². The van der Waals surface area contributed by atoms with Gasteiger partial charge in [-0.05, 0) is 49.9 Å². The van der Waals surface area contributed by atoms with Gasteiger partial charge in [0.1, 0.15) is 5.54 Å². The Morgan fingerprint density at radius 2 is 1.54 bits per heavy atom. The third kappa shape index (κ3) is 5.01. The number of rotatable bonds is 5. The number of ketones is 1. The second-order valence-electron chi connectivity index (χ2n) is 10.1. The number of alkyl halides is 3. The summed E-state index contributed by atoms with van der Waals surface area (Å²) in [6, 6.07) is 15.0. The van der Waals surface area contributed by atoms with Crippen LogP contribution >= 0.6 is 0 Å². The van der Waals surface area contributed by atoms with Crippen LogP contribution in [0.4, 0.5) is 13.2 Å². The number of fused-ring (bicyclic) bond motifs is 3. The van der Waals surface area contributed by atoms with Crippen molar-refractivity contribution < 1.29 is 47.0 Å². The van der Waals surface area contributed by atoms with Gasteiger partial charge in [-0.2, -0.15) is 13.2 Å². The molecule has 0 saturated carbocycles. The van der Waals surface area contributed by atoms with Gasteiger partial charge < -0.3 is 9.84 Å². The van der Waals surface area contributed by atoms with Crippen LogP contribution in [0.3, 0.4) is 0 Å². The summed E-state index contributed by atoms with van der Waals surface area (Å²) in [6.45, 7) is 4.26. The molecule has 2 amide bonds. The summed E-state index contributed by atoms with van der Waals surface area (Å²) in [7, 11) is 1.35. The van der Waals surface area contributed by atoms with Gasteiger partial charge in [-0.3, -0.25) is 29.0 Å². The first-order valence-electron chi connectivity index (χ1n) is 13.0. The molecule has 4 atom stereocenters. The molecule has 3 aliphatic heterocycles. The lowest BCUT2D eigenvalue weighted by Crippen LogP contribution is -2.54. The number of carboxylic acids is 1. The molecule has 2 aromatic carbocycles. The fourth-order valence-electron chi connectivity index (χ4n) is 6.34. The number of imide groups is 1. The molecule has 0 bridgehead atoms. The van der Waals surface area contributed by atoms with Gasteiger partial charge in [0.25, 0.3) is 0 Å². The smallest absolute Gasteiger partial charge is 0.475 e. The predicted octanol–water partition coefficient (Wildman–Crippen LogP) is 3.87. The van der Waals surface area contributed by atoms with E-state index in [1.165, 1.54) is 12.0 Å². The van der Waals surface area contributed by atoms with Crippen LogP contribution in [0.15, 0.2) is 48.5 Å². The van der Waals surface area contributed by atoms with Gasteiger partial charge in [0.15, 0.2) is 5.78 Å². The van der Waals surface area contributed by atoms with E-state index < -0.39 is 35.5 Å². The summed E-state index contributed by atoms with van der Waals surface area (Å²) in [5.74, 6) is -4.96. The fraction of sp³-hybridized carbons (Fsp3) is 0.414. The zero-order chi connectivity index (χ0) is 30.3. The average molecular weight is 575 g/mol. The normalized spacial score (nSPS) is 25.3. The average Bonchev–Trinajstić information content (AvgIpc) is 3.56. The maximum Gasteiger partial charge on any atom is 0.490 e. The number of carboxylic acid groups (broad SMARTS) is 1. The molecule has 41 heavy (non-hydrogen) atoms. The number of hydrogen-bond acceptors (Lipinski definition) is 7. The van der Waals surface area contributed by atoms with Crippen molar-refractivity contribution in [2.24, 2.45) is 11.8 Å². The highest BCUT2D eigenvalue weighted by atomic mass is 19.4. The largest absolute Gasteiger partial charge is 0.490 e. The molecule has 3 saturated heterocycles. The third-order valence-electron chi connectivity index (χ3n) is 8.08. The minimum absolute atomic E-state index is 0.0225. The highest BCUT2D eigenvalue weighted by Crippen LogP contribution is 2.59. The number of Topliss-reactive ketones (excluding diaryl/α,β-unsaturated/α-hetero) is 1. The number of carbonyl (C=O) groups is 5. The maximum atomic E-state index is 13.4. The first kappa shape index (κ1) is 29.9. The number of methoxy groups -OCH3 is 1. The zero-order valence-corrected chi connectivity index (χ0v) is 22.6. The van der Waals surface area contributed by atoms with Crippen molar-refractivity contribution in [3.05, 3.63) is 59.7 Å². The van der Waals surface area contributed by atoms with Crippen molar-refractivity contribution in [2.75, 3.05) is 20.2 Å². The van der Waals surface area contributed by atoms with Gasteiger partial charge in [-0.25, -0.2) is 4.79 Å². The number of hydrogen-bond donors (Lipinski definition) is 1. The SMILES string of the molecule is CCN1C(=O)[C@H]2[C@@H](c3ccc(-c4ccc(C(C)=O)cc4)cc3)N3CCC[C@@]3(C(=O)OC)[C@H]2C1=O.O=C(O)C(F)(F)F. The molecule has 5 rings (SSSR count).